The summed E-state index contributed by atoms with van der Waals surface area (Å²) < 4.78 is 0. The van der Waals surface area contributed by atoms with Crippen LogP contribution in [0.2, 0.25) is 0 Å². The fourth-order valence-electron chi connectivity index (χ4n) is 2.86. The van der Waals surface area contributed by atoms with Gasteiger partial charge in [-0.25, -0.2) is 0 Å². The summed E-state index contributed by atoms with van der Waals surface area (Å²) in [7, 11) is 1.88. The Morgan fingerprint density at radius 1 is 1.38 bits per heavy atom. The third-order valence-electron chi connectivity index (χ3n) is 3.37. The van der Waals surface area contributed by atoms with E-state index >= 15 is 0 Å². The van der Waals surface area contributed by atoms with E-state index in [9.17, 15) is 4.79 Å². The molecule has 1 heterocycles. The zero-order valence-electron chi connectivity index (χ0n) is 8.47. The molecule has 13 heavy (non-hydrogen) atoms. The molecule has 0 aromatic carbocycles. The molecule has 1 saturated carbocycles. The molecule has 0 bridgehead atoms. The van der Waals surface area contributed by atoms with Crippen LogP contribution in [-0.2, 0) is 4.79 Å². The summed E-state index contributed by atoms with van der Waals surface area (Å²) in [6.45, 7) is 2.13. The second-order valence-electron chi connectivity index (χ2n) is 4.56. The molecule has 2 heteroatoms. The Balaban J connectivity index is 2.30. The molecule has 72 valence electrons. The molecule has 1 amide bonds. The van der Waals surface area contributed by atoms with E-state index in [-0.39, 0.29) is 5.41 Å². The highest BCUT2D eigenvalue weighted by atomic mass is 16.2. The van der Waals surface area contributed by atoms with Crippen LogP contribution in [0, 0.1) is 5.41 Å². The standard InChI is InChI=1S/C11H17NO/c1-9-7-11(5-3-4-6-11)10(13)12(2)8-9/h8H,3-7H2,1-2H3. The van der Waals surface area contributed by atoms with Gasteiger partial charge in [0.1, 0.15) is 0 Å². The lowest BCUT2D eigenvalue weighted by Gasteiger charge is -2.35. The number of carbonyl (C=O) groups excluding carboxylic acids is 1. The van der Waals surface area contributed by atoms with Crippen molar-refractivity contribution in [2.45, 2.75) is 39.0 Å². The third kappa shape index (κ3) is 1.28. The van der Waals surface area contributed by atoms with Gasteiger partial charge in [0.15, 0.2) is 0 Å². The molecule has 0 saturated heterocycles. The van der Waals surface area contributed by atoms with Gasteiger partial charge in [-0.3, -0.25) is 4.79 Å². The van der Waals surface area contributed by atoms with E-state index in [2.05, 4.69) is 6.92 Å². The Kier molecular flexibility index (Phi) is 1.94. The first-order valence-corrected chi connectivity index (χ1v) is 5.09. The number of amides is 1. The number of rotatable bonds is 0. The minimum Gasteiger partial charge on any atom is -0.322 e. The summed E-state index contributed by atoms with van der Waals surface area (Å²) in [5.74, 6) is 0.343. The summed E-state index contributed by atoms with van der Waals surface area (Å²) in [6.07, 6.45) is 7.63. The van der Waals surface area contributed by atoms with Crippen LogP contribution in [0.3, 0.4) is 0 Å². The Morgan fingerprint density at radius 2 is 2.00 bits per heavy atom. The van der Waals surface area contributed by atoms with Crippen LogP contribution in [0.5, 0.6) is 0 Å². The maximum atomic E-state index is 12.0. The molecule has 0 atom stereocenters. The lowest BCUT2D eigenvalue weighted by atomic mass is 9.77. The highest BCUT2D eigenvalue weighted by molar-refractivity contribution is 5.85. The number of nitrogens with zero attached hydrogens (tertiary/aromatic N) is 1. The number of hydrogen-bond donors (Lipinski definition) is 0. The normalized spacial score (nSPS) is 26.8. The largest absolute Gasteiger partial charge is 0.322 e. The van der Waals surface area contributed by atoms with Crippen LogP contribution in [0.15, 0.2) is 11.8 Å². The second-order valence-corrected chi connectivity index (χ2v) is 4.56. The van der Waals surface area contributed by atoms with E-state index in [0.717, 1.165) is 19.3 Å². The molecular weight excluding hydrogens is 162 g/mol. The molecule has 1 fully saturated rings. The molecule has 1 aliphatic carbocycles. The molecule has 2 aliphatic rings. The zero-order chi connectivity index (χ0) is 9.47. The van der Waals surface area contributed by atoms with Crippen molar-refractivity contribution < 1.29 is 4.79 Å². The third-order valence-corrected chi connectivity index (χ3v) is 3.37. The molecule has 1 spiro atoms. The Hall–Kier alpha value is -0.790. The van der Waals surface area contributed by atoms with Gasteiger partial charge in [-0.1, -0.05) is 18.4 Å². The maximum Gasteiger partial charge on any atom is 0.232 e. The van der Waals surface area contributed by atoms with Gasteiger partial charge in [0, 0.05) is 13.2 Å². The highest BCUT2D eigenvalue weighted by Crippen LogP contribution is 2.46. The van der Waals surface area contributed by atoms with Crippen molar-refractivity contribution >= 4 is 5.91 Å². The molecule has 0 aromatic heterocycles. The molecule has 0 unspecified atom stereocenters. The summed E-state index contributed by atoms with van der Waals surface area (Å²) >= 11 is 0. The molecule has 2 nitrogen and oxygen atoms in total. The monoisotopic (exact) mass is 179 g/mol. The Morgan fingerprint density at radius 3 is 2.62 bits per heavy atom. The first kappa shape index (κ1) is 8.79. The van der Waals surface area contributed by atoms with E-state index in [1.165, 1.54) is 18.4 Å². The van der Waals surface area contributed by atoms with Gasteiger partial charge in [0.2, 0.25) is 5.91 Å². The second kappa shape index (κ2) is 2.86. The predicted octanol–water partition coefficient (Wildman–Crippen LogP) is 2.31. The van der Waals surface area contributed by atoms with Crippen LogP contribution in [0.4, 0.5) is 0 Å². The number of hydrogen-bond acceptors (Lipinski definition) is 1. The smallest absolute Gasteiger partial charge is 0.232 e. The molecule has 2 rings (SSSR count). The van der Waals surface area contributed by atoms with Gasteiger partial charge in [-0.15, -0.1) is 0 Å². The van der Waals surface area contributed by atoms with Crippen LogP contribution >= 0.6 is 0 Å². The van der Waals surface area contributed by atoms with Gasteiger partial charge in [0.25, 0.3) is 0 Å². The fraction of sp³-hybridized carbons (Fsp3) is 0.727. The molecule has 1 aliphatic heterocycles. The maximum absolute atomic E-state index is 12.0. The van der Waals surface area contributed by atoms with Crippen LogP contribution in [0.1, 0.15) is 39.0 Å². The van der Waals surface area contributed by atoms with Gasteiger partial charge in [-0.05, 0) is 26.2 Å². The quantitative estimate of drug-likeness (QED) is 0.559. The SMILES string of the molecule is CC1=CN(C)C(=O)C2(CCCC2)C1. The van der Waals surface area contributed by atoms with Gasteiger partial charge in [0.05, 0.1) is 5.41 Å². The average molecular weight is 179 g/mol. The first-order valence-electron chi connectivity index (χ1n) is 5.09. The van der Waals surface area contributed by atoms with E-state index < -0.39 is 0 Å². The van der Waals surface area contributed by atoms with Crippen molar-refractivity contribution in [3.05, 3.63) is 11.8 Å². The van der Waals surface area contributed by atoms with Crippen molar-refractivity contribution in [1.29, 1.82) is 0 Å². The zero-order valence-corrected chi connectivity index (χ0v) is 8.47. The van der Waals surface area contributed by atoms with Crippen molar-refractivity contribution in [2.24, 2.45) is 5.41 Å². The molecule has 0 N–H and O–H groups in total. The lowest BCUT2D eigenvalue weighted by Crippen LogP contribution is -2.41. The fourth-order valence-corrected chi connectivity index (χ4v) is 2.86. The van der Waals surface area contributed by atoms with Crippen LogP contribution in [0.25, 0.3) is 0 Å². The summed E-state index contributed by atoms with van der Waals surface area (Å²) in [5.41, 5.74) is 1.34. The molecule has 0 aromatic rings. The summed E-state index contributed by atoms with van der Waals surface area (Å²) in [4.78, 5) is 13.8. The van der Waals surface area contributed by atoms with Crippen molar-refractivity contribution in [3.63, 3.8) is 0 Å². The first-order chi connectivity index (χ1) is 6.14. The Bertz CT molecular complexity index is 261. The number of carbonyl (C=O) groups is 1. The lowest BCUT2D eigenvalue weighted by molar-refractivity contribution is -0.139. The van der Waals surface area contributed by atoms with Crippen molar-refractivity contribution in [1.82, 2.24) is 4.90 Å². The van der Waals surface area contributed by atoms with Gasteiger partial charge < -0.3 is 4.90 Å². The van der Waals surface area contributed by atoms with E-state index in [4.69, 9.17) is 0 Å². The number of allylic oxidation sites excluding steroid dienone is 1. The highest BCUT2D eigenvalue weighted by Gasteiger charge is 2.44. The van der Waals surface area contributed by atoms with Crippen LogP contribution in [-0.4, -0.2) is 17.9 Å². The minimum atomic E-state index is -0.00637. The van der Waals surface area contributed by atoms with Gasteiger partial charge in [-0.2, -0.15) is 0 Å². The van der Waals surface area contributed by atoms with Crippen LogP contribution < -0.4 is 0 Å². The summed E-state index contributed by atoms with van der Waals surface area (Å²) in [5, 5.41) is 0. The topological polar surface area (TPSA) is 20.3 Å². The molecule has 0 radical (unpaired) electrons. The van der Waals surface area contributed by atoms with Crippen molar-refractivity contribution in [3.8, 4) is 0 Å². The summed E-state index contributed by atoms with van der Waals surface area (Å²) in [6, 6.07) is 0. The van der Waals surface area contributed by atoms with E-state index in [1.807, 2.05) is 13.2 Å². The van der Waals surface area contributed by atoms with Crippen molar-refractivity contribution in [2.75, 3.05) is 7.05 Å². The Labute approximate surface area is 79.6 Å². The minimum absolute atomic E-state index is 0.00637. The van der Waals surface area contributed by atoms with E-state index in [0.29, 0.717) is 5.91 Å². The predicted molar refractivity (Wildman–Crippen MR) is 52.0 cm³/mol. The molecular formula is C11H17NO. The van der Waals surface area contributed by atoms with Gasteiger partial charge >= 0.3 is 0 Å². The average Bonchev–Trinajstić information content (AvgIpc) is 2.50. The van der Waals surface area contributed by atoms with E-state index in [1.54, 1.807) is 4.90 Å².